The number of fused-ring (bicyclic) bond motifs is 1. The van der Waals surface area contributed by atoms with Crippen molar-refractivity contribution in [2.75, 3.05) is 31.1 Å². The quantitative estimate of drug-likeness (QED) is 0.729. The van der Waals surface area contributed by atoms with Crippen LogP contribution in [0.15, 0.2) is 23.1 Å². The fourth-order valence-electron chi connectivity index (χ4n) is 3.82. The predicted octanol–water partition coefficient (Wildman–Crippen LogP) is 1.95. The fourth-order valence-corrected chi connectivity index (χ4v) is 5.40. The summed E-state index contributed by atoms with van der Waals surface area (Å²) in [6.07, 6.45) is 2.83. The Bertz CT molecular complexity index is 837. The molecule has 8 heteroatoms. The van der Waals surface area contributed by atoms with Crippen molar-refractivity contribution < 1.29 is 22.7 Å². The minimum absolute atomic E-state index is 0.0418. The average molecular weight is 394 g/mol. The van der Waals surface area contributed by atoms with Crippen LogP contribution in [0.25, 0.3) is 0 Å². The molecule has 0 saturated carbocycles. The summed E-state index contributed by atoms with van der Waals surface area (Å²) in [5, 5.41) is 0. The van der Waals surface area contributed by atoms with E-state index in [0.717, 1.165) is 24.1 Å². The Morgan fingerprint density at radius 3 is 2.70 bits per heavy atom. The Morgan fingerprint density at radius 2 is 2.00 bits per heavy atom. The number of hydrogen-bond donors (Lipinski definition) is 0. The molecule has 1 amide bonds. The number of aryl methyl sites for hydroxylation is 1. The van der Waals surface area contributed by atoms with Gasteiger partial charge in [-0.15, -0.1) is 0 Å². The number of piperidine rings is 1. The van der Waals surface area contributed by atoms with Crippen LogP contribution in [0.3, 0.4) is 0 Å². The van der Waals surface area contributed by atoms with Gasteiger partial charge in [-0.3, -0.25) is 9.59 Å². The van der Waals surface area contributed by atoms with Gasteiger partial charge in [-0.2, -0.15) is 4.31 Å². The molecule has 0 bridgehead atoms. The molecule has 2 aliphatic rings. The van der Waals surface area contributed by atoms with Crippen molar-refractivity contribution >= 4 is 27.6 Å². The van der Waals surface area contributed by atoms with Gasteiger partial charge in [-0.1, -0.05) is 0 Å². The molecule has 0 aliphatic carbocycles. The number of carbonyl (C=O) groups is 2. The first kappa shape index (κ1) is 19.8. The molecule has 148 valence electrons. The van der Waals surface area contributed by atoms with Crippen molar-refractivity contribution in [1.82, 2.24) is 4.31 Å². The van der Waals surface area contributed by atoms with Gasteiger partial charge in [-0.05, 0) is 56.4 Å². The molecule has 0 N–H and O–H groups in total. The molecule has 27 heavy (non-hydrogen) atoms. The molecular formula is C19H26N2O5S. The largest absolute Gasteiger partial charge is 0.466 e. The Balaban J connectivity index is 1.85. The lowest BCUT2D eigenvalue weighted by atomic mass is 10.0. The van der Waals surface area contributed by atoms with E-state index in [1.807, 2.05) is 0 Å². The summed E-state index contributed by atoms with van der Waals surface area (Å²) in [5.74, 6) is -0.792. The molecule has 0 aromatic heterocycles. The first-order valence-corrected chi connectivity index (χ1v) is 10.9. The number of anilines is 1. The van der Waals surface area contributed by atoms with Gasteiger partial charge in [0.2, 0.25) is 15.9 Å². The monoisotopic (exact) mass is 394 g/mol. The number of rotatable bonds is 4. The van der Waals surface area contributed by atoms with Crippen LogP contribution in [0.4, 0.5) is 5.69 Å². The van der Waals surface area contributed by atoms with Crippen LogP contribution in [-0.2, 0) is 30.8 Å². The van der Waals surface area contributed by atoms with Crippen molar-refractivity contribution in [1.29, 1.82) is 0 Å². The lowest BCUT2D eigenvalue weighted by molar-refractivity contribution is -0.149. The van der Waals surface area contributed by atoms with Gasteiger partial charge >= 0.3 is 5.97 Å². The number of amides is 1. The molecule has 0 unspecified atom stereocenters. The minimum atomic E-state index is -3.69. The zero-order valence-electron chi connectivity index (χ0n) is 15.8. The van der Waals surface area contributed by atoms with E-state index in [4.69, 9.17) is 4.74 Å². The van der Waals surface area contributed by atoms with E-state index in [-0.39, 0.29) is 23.3 Å². The maximum Gasteiger partial charge on any atom is 0.310 e. The standard InChI is InChI=1S/C19H26N2O5S/c1-3-26-19(23)16-7-4-10-20(13-16)27(24,25)17-8-9-18-15(12-17)6-5-11-21(18)14(2)22/h8-9,12,16H,3-7,10-11,13H2,1-2H3/t16-/m1/s1. The van der Waals surface area contributed by atoms with E-state index in [1.165, 1.54) is 11.2 Å². The van der Waals surface area contributed by atoms with Gasteiger partial charge in [0.1, 0.15) is 0 Å². The van der Waals surface area contributed by atoms with Crippen LogP contribution in [0, 0.1) is 5.92 Å². The van der Waals surface area contributed by atoms with Crippen molar-refractivity contribution in [3.63, 3.8) is 0 Å². The van der Waals surface area contributed by atoms with E-state index in [1.54, 1.807) is 30.0 Å². The van der Waals surface area contributed by atoms with Gasteiger partial charge in [0.15, 0.2) is 0 Å². The summed E-state index contributed by atoms with van der Waals surface area (Å²) in [6.45, 7) is 4.75. The molecule has 1 aromatic rings. The number of carbonyl (C=O) groups excluding carboxylic acids is 2. The molecule has 0 spiro atoms. The van der Waals surface area contributed by atoms with Crippen LogP contribution < -0.4 is 4.90 Å². The highest BCUT2D eigenvalue weighted by molar-refractivity contribution is 7.89. The first-order valence-electron chi connectivity index (χ1n) is 9.42. The summed E-state index contributed by atoms with van der Waals surface area (Å²) in [6, 6.07) is 4.95. The summed E-state index contributed by atoms with van der Waals surface area (Å²) >= 11 is 0. The van der Waals surface area contributed by atoms with Gasteiger partial charge in [0, 0.05) is 32.2 Å². The molecule has 7 nitrogen and oxygen atoms in total. The second-order valence-corrected chi connectivity index (χ2v) is 8.96. The third-order valence-corrected chi connectivity index (χ3v) is 7.05. The highest BCUT2D eigenvalue weighted by atomic mass is 32.2. The topological polar surface area (TPSA) is 84.0 Å². The molecule has 0 radical (unpaired) electrons. The molecule has 2 heterocycles. The number of esters is 1. The molecular weight excluding hydrogens is 368 g/mol. The van der Waals surface area contributed by atoms with E-state index >= 15 is 0 Å². The van der Waals surface area contributed by atoms with Gasteiger partial charge in [0.05, 0.1) is 17.4 Å². The summed E-state index contributed by atoms with van der Waals surface area (Å²) < 4.78 is 32.7. The normalized spacial score (nSPS) is 20.8. The van der Waals surface area contributed by atoms with Gasteiger partial charge < -0.3 is 9.64 Å². The van der Waals surface area contributed by atoms with E-state index < -0.39 is 15.9 Å². The van der Waals surface area contributed by atoms with E-state index in [2.05, 4.69) is 0 Å². The molecule has 3 rings (SSSR count). The number of benzene rings is 1. The van der Waals surface area contributed by atoms with Crippen molar-refractivity contribution in [3.8, 4) is 0 Å². The number of hydrogen-bond acceptors (Lipinski definition) is 5. The van der Waals surface area contributed by atoms with Crippen LogP contribution >= 0.6 is 0 Å². The summed E-state index contributed by atoms with van der Waals surface area (Å²) in [4.78, 5) is 25.7. The lowest BCUT2D eigenvalue weighted by Crippen LogP contribution is -2.42. The smallest absolute Gasteiger partial charge is 0.310 e. The first-order chi connectivity index (χ1) is 12.8. The second kappa shape index (κ2) is 7.98. The van der Waals surface area contributed by atoms with Crippen LogP contribution in [0.1, 0.15) is 38.7 Å². The summed E-state index contributed by atoms with van der Waals surface area (Å²) in [5.41, 5.74) is 1.66. The SMILES string of the molecule is CCOC(=O)[C@@H]1CCCN(S(=O)(=O)c2ccc3c(c2)CCCN3C(C)=O)C1. The predicted molar refractivity (Wildman–Crippen MR) is 101 cm³/mol. The summed E-state index contributed by atoms with van der Waals surface area (Å²) in [7, 11) is -3.69. The molecule has 1 aromatic carbocycles. The Kier molecular flexibility index (Phi) is 5.86. The van der Waals surface area contributed by atoms with E-state index in [9.17, 15) is 18.0 Å². The van der Waals surface area contributed by atoms with Crippen LogP contribution in [-0.4, -0.2) is 50.8 Å². The van der Waals surface area contributed by atoms with E-state index in [0.29, 0.717) is 32.5 Å². The Morgan fingerprint density at radius 1 is 1.22 bits per heavy atom. The van der Waals surface area contributed by atoms with Gasteiger partial charge in [-0.25, -0.2) is 8.42 Å². The fraction of sp³-hybridized carbons (Fsp3) is 0.579. The Labute approximate surface area is 160 Å². The van der Waals surface area contributed by atoms with Crippen molar-refractivity contribution in [2.24, 2.45) is 5.92 Å². The average Bonchev–Trinajstić information content (AvgIpc) is 2.67. The minimum Gasteiger partial charge on any atom is -0.466 e. The zero-order valence-corrected chi connectivity index (χ0v) is 16.6. The third-order valence-electron chi connectivity index (χ3n) is 5.19. The number of nitrogens with zero attached hydrogens (tertiary/aromatic N) is 2. The molecule has 1 saturated heterocycles. The van der Waals surface area contributed by atoms with Crippen molar-refractivity contribution in [2.45, 2.75) is 44.4 Å². The van der Waals surface area contributed by atoms with Crippen molar-refractivity contribution in [3.05, 3.63) is 23.8 Å². The maximum atomic E-state index is 13.1. The second-order valence-electron chi connectivity index (χ2n) is 7.02. The number of sulfonamides is 1. The third kappa shape index (κ3) is 4.01. The highest BCUT2D eigenvalue weighted by Crippen LogP contribution is 2.31. The Hall–Kier alpha value is -1.93. The molecule has 1 fully saturated rings. The molecule has 2 aliphatic heterocycles. The van der Waals surface area contributed by atoms with Crippen LogP contribution in [0.5, 0.6) is 0 Å². The lowest BCUT2D eigenvalue weighted by Gasteiger charge is -2.32. The van der Waals surface area contributed by atoms with Gasteiger partial charge in [0.25, 0.3) is 0 Å². The zero-order chi connectivity index (χ0) is 19.6. The maximum absolute atomic E-state index is 13.1. The number of ether oxygens (including phenoxy) is 1. The molecule has 1 atom stereocenters. The highest BCUT2D eigenvalue weighted by Gasteiger charge is 2.34. The van der Waals surface area contributed by atoms with Crippen LogP contribution in [0.2, 0.25) is 0 Å².